The molecule has 0 aliphatic carbocycles. The topological polar surface area (TPSA) is 125 Å². The Balaban J connectivity index is 1.62. The number of likely N-dealkylation sites (tertiary alicyclic amines) is 1. The Morgan fingerprint density at radius 2 is 1.79 bits per heavy atom. The monoisotopic (exact) mass is 643 g/mol. The predicted octanol–water partition coefficient (Wildman–Crippen LogP) is 2.62. The van der Waals surface area contributed by atoms with E-state index in [1.54, 1.807) is 17.9 Å². The Morgan fingerprint density at radius 1 is 1.07 bits per heavy atom. The molecule has 5 rings (SSSR count). The summed E-state index contributed by atoms with van der Waals surface area (Å²) in [6.45, 7) is 7.29. The molecule has 4 heterocycles. The van der Waals surface area contributed by atoms with Crippen LogP contribution in [0.4, 0.5) is 0 Å². The van der Waals surface area contributed by atoms with Gasteiger partial charge in [-0.1, -0.05) is 58.4 Å². The van der Waals surface area contributed by atoms with Crippen LogP contribution < -0.4 is 5.32 Å². The van der Waals surface area contributed by atoms with Crippen molar-refractivity contribution in [3.63, 3.8) is 0 Å². The van der Waals surface area contributed by atoms with E-state index >= 15 is 0 Å². The molecule has 11 heteroatoms. The highest BCUT2D eigenvalue weighted by Crippen LogP contribution is 2.59. The van der Waals surface area contributed by atoms with Crippen LogP contribution in [-0.4, -0.2) is 87.6 Å². The Kier molecular flexibility index (Phi) is 8.39. The van der Waals surface area contributed by atoms with Crippen LogP contribution >= 0.6 is 15.9 Å². The van der Waals surface area contributed by atoms with E-state index in [0.717, 1.165) is 0 Å². The maximum Gasteiger partial charge on any atom is 0.313 e. The first-order valence-electron chi connectivity index (χ1n) is 14.4. The molecule has 2 saturated heterocycles. The van der Waals surface area contributed by atoms with Crippen molar-refractivity contribution in [1.82, 2.24) is 15.1 Å². The molecule has 5 bridgehead atoms. The van der Waals surface area contributed by atoms with E-state index < -0.39 is 59.1 Å². The van der Waals surface area contributed by atoms with Crippen molar-refractivity contribution in [2.24, 2.45) is 11.8 Å². The Morgan fingerprint density at radius 3 is 2.45 bits per heavy atom. The lowest BCUT2D eigenvalue weighted by Gasteiger charge is -2.41. The zero-order valence-electron chi connectivity index (χ0n) is 24.3. The van der Waals surface area contributed by atoms with Crippen molar-refractivity contribution < 1.29 is 33.8 Å². The average molecular weight is 645 g/mol. The van der Waals surface area contributed by atoms with Crippen LogP contribution in [0.15, 0.2) is 53.0 Å². The van der Waals surface area contributed by atoms with Crippen LogP contribution in [0.5, 0.6) is 0 Å². The van der Waals surface area contributed by atoms with Crippen molar-refractivity contribution in [3.8, 4) is 0 Å². The number of β-amino-alcohol motifs (C(OH)–C–C–N with tert-alkyl or cyclic N) is 1. The van der Waals surface area contributed by atoms with Crippen molar-refractivity contribution in [1.29, 1.82) is 0 Å². The fourth-order valence-electron chi connectivity index (χ4n) is 6.67. The van der Waals surface area contributed by atoms with Gasteiger partial charge in [0.1, 0.15) is 29.8 Å². The molecule has 1 aromatic carbocycles. The van der Waals surface area contributed by atoms with Gasteiger partial charge in [-0.05, 0) is 45.8 Å². The summed E-state index contributed by atoms with van der Waals surface area (Å²) in [7, 11) is 0. The molecule has 4 aliphatic rings. The summed E-state index contributed by atoms with van der Waals surface area (Å²) in [5, 5.41) is 12.9. The summed E-state index contributed by atoms with van der Waals surface area (Å²) < 4.78 is 13.2. The molecule has 42 heavy (non-hydrogen) atoms. The summed E-state index contributed by atoms with van der Waals surface area (Å²) in [4.78, 5) is 58.4. The van der Waals surface area contributed by atoms with E-state index in [1.807, 2.05) is 63.3 Å². The quantitative estimate of drug-likeness (QED) is 0.383. The lowest BCUT2D eigenvalue weighted by Crippen LogP contribution is -2.59. The Hall–Kier alpha value is -3.02. The van der Waals surface area contributed by atoms with Gasteiger partial charge < -0.3 is 29.7 Å². The lowest BCUT2D eigenvalue weighted by molar-refractivity contribution is -0.161. The Bertz CT molecular complexity index is 1310. The third-order valence-electron chi connectivity index (χ3n) is 8.56. The zero-order chi connectivity index (χ0) is 30.4. The molecule has 1 spiro atoms. The lowest BCUT2D eigenvalue weighted by atomic mass is 9.74. The molecule has 7 atom stereocenters. The number of fused-ring (bicyclic) bond motifs is 2. The first-order chi connectivity index (χ1) is 19.9. The number of nitrogens with zero attached hydrogens (tertiary/aromatic N) is 2. The minimum Gasteiger partial charge on any atom is -0.455 e. The van der Waals surface area contributed by atoms with Gasteiger partial charge in [-0.25, -0.2) is 0 Å². The summed E-state index contributed by atoms with van der Waals surface area (Å²) >= 11 is 3.55. The highest BCUT2D eigenvalue weighted by molar-refractivity contribution is 9.11. The van der Waals surface area contributed by atoms with Crippen LogP contribution in [-0.2, 0) is 28.7 Å². The second kappa shape index (κ2) is 11.6. The fourth-order valence-corrected chi connectivity index (χ4v) is 7.41. The SMILES string of the molecule is C[C@H]1NC(=O)CC/C=C\CN(C(C)(C)C)C(=O)[C@@H]2N(CCO)C(=O)[C@H]3[C@H](C(=O)O[C@@H]1c1ccccc1)[C@H]1O[C@@]23C=C1Br. The van der Waals surface area contributed by atoms with Gasteiger partial charge in [0.05, 0.1) is 18.6 Å². The molecule has 1 aromatic rings. The molecular weight excluding hydrogens is 606 g/mol. The molecule has 0 saturated carbocycles. The van der Waals surface area contributed by atoms with Gasteiger partial charge >= 0.3 is 5.97 Å². The van der Waals surface area contributed by atoms with Gasteiger partial charge in [0, 0.05) is 29.5 Å². The molecule has 2 fully saturated rings. The molecule has 3 amide bonds. The van der Waals surface area contributed by atoms with Gasteiger partial charge in [0.2, 0.25) is 17.7 Å². The number of nitrogens with one attached hydrogen (secondary N) is 1. The van der Waals surface area contributed by atoms with Crippen molar-refractivity contribution >= 4 is 39.6 Å². The highest BCUT2D eigenvalue weighted by Gasteiger charge is 2.75. The second-order valence-corrected chi connectivity index (χ2v) is 13.3. The number of benzene rings is 1. The van der Waals surface area contributed by atoms with Crippen molar-refractivity contribution in [2.45, 2.75) is 76.0 Å². The minimum absolute atomic E-state index is 0.0850. The van der Waals surface area contributed by atoms with Crippen molar-refractivity contribution in [2.75, 3.05) is 19.7 Å². The number of allylic oxidation sites excluding steroid dienone is 1. The van der Waals surface area contributed by atoms with Crippen LogP contribution in [0.25, 0.3) is 0 Å². The van der Waals surface area contributed by atoms with Gasteiger partial charge in [0.15, 0.2) is 0 Å². The number of aliphatic hydroxyl groups is 1. The molecular formula is C31H38BrN3O7. The first kappa shape index (κ1) is 30.4. The summed E-state index contributed by atoms with van der Waals surface area (Å²) in [6.07, 6.45) is 4.48. The van der Waals surface area contributed by atoms with Gasteiger partial charge in [0.25, 0.3) is 0 Å². The number of esters is 1. The number of rotatable bonds is 3. The number of carbonyl (C=O) groups excluding carboxylic acids is 4. The highest BCUT2D eigenvalue weighted by atomic mass is 79.9. The molecule has 0 unspecified atom stereocenters. The van der Waals surface area contributed by atoms with Gasteiger partial charge in [-0.3, -0.25) is 19.2 Å². The summed E-state index contributed by atoms with van der Waals surface area (Å²) in [6, 6.07) is 7.48. The number of carbonyl (C=O) groups is 4. The van der Waals surface area contributed by atoms with E-state index in [2.05, 4.69) is 21.2 Å². The van der Waals surface area contributed by atoms with E-state index in [-0.39, 0.29) is 37.9 Å². The maximum absolute atomic E-state index is 14.4. The molecule has 10 nitrogen and oxygen atoms in total. The number of ether oxygens (including phenoxy) is 2. The van der Waals surface area contributed by atoms with E-state index in [4.69, 9.17) is 9.47 Å². The number of hydrogen-bond donors (Lipinski definition) is 2. The van der Waals surface area contributed by atoms with Crippen LogP contribution in [0.2, 0.25) is 0 Å². The van der Waals surface area contributed by atoms with Crippen molar-refractivity contribution in [3.05, 3.63) is 58.6 Å². The van der Waals surface area contributed by atoms with Gasteiger partial charge in [-0.15, -0.1) is 0 Å². The molecule has 0 radical (unpaired) electrons. The van der Waals surface area contributed by atoms with Crippen LogP contribution in [0.3, 0.4) is 0 Å². The Labute approximate surface area is 254 Å². The normalized spacial score (nSPS) is 34.7. The smallest absolute Gasteiger partial charge is 0.313 e. The number of hydrogen-bond acceptors (Lipinski definition) is 7. The average Bonchev–Trinajstić information content (AvgIpc) is 3.51. The minimum atomic E-state index is -1.42. The third kappa shape index (κ3) is 5.20. The fraction of sp³-hybridized carbons (Fsp3) is 0.548. The second-order valence-electron chi connectivity index (χ2n) is 12.3. The summed E-state index contributed by atoms with van der Waals surface area (Å²) in [5.41, 5.74) is -1.35. The molecule has 4 aliphatic heterocycles. The predicted molar refractivity (Wildman–Crippen MR) is 157 cm³/mol. The van der Waals surface area contributed by atoms with Crippen LogP contribution in [0.1, 0.15) is 52.2 Å². The first-order valence-corrected chi connectivity index (χ1v) is 15.2. The number of halogens is 1. The number of aliphatic hydroxyl groups excluding tert-OH is 1. The largest absolute Gasteiger partial charge is 0.455 e. The number of cyclic esters (lactones) is 1. The maximum atomic E-state index is 14.4. The van der Waals surface area contributed by atoms with Crippen LogP contribution in [0, 0.1) is 11.8 Å². The molecule has 226 valence electrons. The molecule has 2 N–H and O–H groups in total. The summed E-state index contributed by atoms with van der Waals surface area (Å²) in [5.74, 6) is -3.70. The zero-order valence-corrected chi connectivity index (χ0v) is 25.9. The van der Waals surface area contributed by atoms with E-state index in [1.165, 1.54) is 4.90 Å². The standard InChI is InChI=1S/C31H38BrN3O7/c1-18-24(19-11-7-5-8-12-19)41-29(40)22-23-27(38)34(15-16-36)26(31(23)17-20(32)25(22)42-31)28(39)35(30(2,3)4)14-10-6-9-13-21(37)33-18/h5-8,10-12,17-18,22-26,36H,9,13-16H2,1-4H3,(H,33,37)/b10-6-/t18-,22+,23-,24+,25+,26+,31-/m1/s1. The van der Waals surface area contributed by atoms with E-state index in [0.29, 0.717) is 16.5 Å². The van der Waals surface area contributed by atoms with Gasteiger partial charge in [-0.2, -0.15) is 0 Å². The number of amides is 3. The molecule has 0 aromatic heterocycles. The third-order valence-corrected chi connectivity index (χ3v) is 9.24. The van der Waals surface area contributed by atoms with E-state index in [9.17, 15) is 24.3 Å².